The summed E-state index contributed by atoms with van der Waals surface area (Å²) in [4.78, 5) is 11.8. The van der Waals surface area contributed by atoms with Gasteiger partial charge in [-0.05, 0) is 37.6 Å². The van der Waals surface area contributed by atoms with Gasteiger partial charge < -0.3 is 10.6 Å². The number of benzene rings is 1. The normalized spacial score (nSPS) is 14.0. The van der Waals surface area contributed by atoms with Gasteiger partial charge in [0.1, 0.15) is 0 Å². The van der Waals surface area contributed by atoms with Gasteiger partial charge in [-0.2, -0.15) is 0 Å². The van der Waals surface area contributed by atoms with Crippen LogP contribution in [0.15, 0.2) is 24.3 Å². The molecule has 0 aliphatic rings. The van der Waals surface area contributed by atoms with Crippen LogP contribution in [0.1, 0.15) is 45.7 Å². The van der Waals surface area contributed by atoms with E-state index in [0.29, 0.717) is 6.04 Å². The van der Waals surface area contributed by atoms with Crippen molar-refractivity contribution in [1.82, 2.24) is 5.32 Å². The second kappa shape index (κ2) is 7.17. The second-order valence-corrected chi connectivity index (χ2v) is 4.70. The molecule has 2 unspecified atom stereocenters. The van der Waals surface area contributed by atoms with Crippen LogP contribution in [-0.2, 0) is 4.79 Å². The van der Waals surface area contributed by atoms with Crippen molar-refractivity contribution in [2.75, 3.05) is 11.9 Å². The van der Waals surface area contributed by atoms with Crippen molar-refractivity contribution in [1.29, 1.82) is 0 Å². The fourth-order valence-electron chi connectivity index (χ4n) is 1.76. The summed E-state index contributed by atoms with van der Waals surface area (Å²) < 4.78 is 0. The van der Waals surface area contributed by atoms with E-state index >= 15 is 0 Å². The molecule has 0 saturated heterocycles. The first-order chi connectivity index (χ1) is 8.58. The highest BCUT2D eigenvalue weighted by atomic mass is 16.1. The number of amides is 1. The standard InChI is InChI=1S/C15H24N2O/c1-5-11(3)15(18)17-14-9-7-8-13(10-14)12(4)16-6-2/h7-12,16H,5-6H2,1-4H3,(H,17,18). The maximum Gasteiger partial charge on any atom is 0.227 e. The van der Waals surface area contributed by atoms with E-state index in [1.807, 2.05) is 32.0 Å². The summed E-state index contributed by atoms with van der Waals surface area (Å²) in [6, 6.07) is 8.33. The molecule has 1 aromatic carbocycles. The molecule has 2 atom stereocenters. The summed E-state index contributed by atoms with van der Waals surface area (Å²) in [6.45, 7) is 9.11. The maximum atomic E-state index is 11.8. The number of hydrogen-bond acceptors (Lipinski definition) is 2. The first-order valence-corrected chi connectivity index (χ1v) is 6.72. The van der Waals surface area contributed by atoms with Crippen LogP contribution in [0, 0.1) is 5.92 Å². The molecule has 1 aromatic rings. The van der Waals surface area contributed by atoms with Crippen molar-refractivity contribution in [2.45, 2.75) is 40.2 Å². The lowest BCUT2D eigenvalue weighted by Gasteiger charge is -2.15. The minimum absolute atomic E-state index is 0.0554. The van der Waals surface area contributed by atoms with E-state index in [1.165, 1.54) is 5.56 Å². The zero-order valence-corrected chi connectivity index (χ0v) is 11.8. The molecule has 3 heteroatoms. The predicted molar refractivity (Wildman–Crippen MR) is 76.6 cm³/mol. The van der Waals surface area contributed by atoms with E-state index in [0.717, 1.165) is 18.7 Å². The van der Waals surface area contributed by atoms with Crippen molar-refractivity contribution in [3.8, 4) is 0 Å². The zero-order chi connectivity index (χ0) is 13.5. The van der Waals surface area contributed by atoms with E-state index in [9.17, 15) is 4.79 Å². The lowest BCUT2D eigenvalue weighted by atomic mass is 10.1. The second-order valence-electron chi connectivity index (χ2n) is 4.70. The molecule has 2 N–H and O–H groups in total. The summed E-state index contributed by atoms with van der Waals surface area (Å²) in [5.41, 5.74) is 2.07. The minimum atomic E-state index is 0.0554. The average molecular weight is 248 g/mol. The molecule has 0 aliphatic carbocycles. The van der Waals surface area contributed by atoms with Crippen LogP contribution in [0.25, 0.3) is 0 Å². The Hall–Kier alpha value is -1.35. The Balaban J connectivity index is 2.73. The summed E-state index contributed by atoms with van der Waals surface area (Å²) in [6.07, 6.45) is 0.860. The third-order valence-corrected chi connectivity index (χ3v) is 3.22. The van der Waals surface area contributed by atoms with E-state index < -0.39 is 0 Å². The van der Waals surface area contributed by atoms with Crippen LogP contribution < -0.4 is 10.6 Å². The smallest absolute Gasteiger partial charge is 0.227 e. The van der Waals surface area contributed by atoms with Crippen LogP contribution in [0.4, 0.5) is 5.69 Å². The minimum Gasteiger partial charge on any atom is -0.326 e. The molecule has 0 fully saturated rings. The van der Waals surface area contributed by atoms with Gasteiger partial charge in [0.15, 0.2) is 0 Å². The number of nitrogens with one attached hydrogen (secondary N) is 2. The van der Waals surface area contributed by atoms with Crippen LogP contribution >= 0.6 is 0 Å². The van der Waals surface area contributed by atoms with Gasteiger partial charge in [-0.15, -0.1) is 0 Å². The van der Waals surface area contributed by atoms with E-state index in [4.69, 9.17) is 0 Å². The van der Waals surface area contributed by atoms with E-state index in [1.54, 1.807) is 0 Å². The Kier molecular flexibility index (Phi) is 5.86. The highest BCUT2D eigenvalue weighted by Crippen LogP contribution is 2.18. The van der Waals surface area contributed by atoms with Gasteiger partial charge in [-0.1, -0.05) is 32.9 Å². The third-order valence-electron chi connectivity index (χ3n) is 3.22. The first kappa shape index (κ1) is 14.7. The van der Waals surface area contributed by atoms with Gasteiger partial charge >= 0.3 is 0 Å². The monoisotopic (exact) mass is 248 g/mol. The Morgan fingerprint density at radius 3 is 2.61 bits per heavy atom. The van der Waals surface area contributed by atoms with Crippen molar-refractivity contribution in [3.05, 3.63) is 29.8 Å². The molecule has 0 radical (unpaired) electrons. The molecule has 1 rings (SSSR count). The molecule has 3 nitrogen and oxygen atoms in total. The summed E-state index contributed by atoms with van der Waals surface area (Å²) >= 11 is 0. The van der Waals surface area contributed by atoms with Crippen molar-refractivity contribution < 1.29 is 4.79 Å². The van der Waals surface area contributed by atoms with Crippen LogP contribution in [-0.4, -0.2) is 12.5 Å². The molecule has 0 aliphatic heterocycles. The number of carbonyl (C=O) groups is 1. The highest BCUT2D eigenvalue weighted by Gasteiger charge is 2.11. The molecule has 0 aromatic heterocycles. The van der Waals surface area contributed by atoms with Crippen molar-refractivity contribution >= 4 is 11.6 Å². The third kappa shape index (κ3) is 4.15. The number of carbonyl (C=O) groups excluding carboxylic acids is 1. The van der Waals surface area contributed by atoms with Crippen molar-refractivity contribution in [3.63, 3.8) is 0 Å². The van der Waals surface area contributed by atoms with Gasteiger partial charge in [-0.25, -0.2) is 0 Å². The molecule has 1 amide bonds. The van der Waals surface area contributed by atoms with Gasteiger partial charge in [0, 0.05) is 17.6 Å². The molecule has 0 saturated carbocycles. The quantitative estimate of drug-likeness (QED) is 0.810. The number of anilines is 1. The topological polar surface area (TPSA) is 41.1 Å². The number of hydrogen-bond donors (Lipinski definition) is 2. The van der Waals surface area contributed by atoms with E-state index in [-0.39, 0.29) is 11.8 Å². The maximum absolute atomic E-state index is 11.8. The Labute approximate surface area is 110 Å². The van der Waals surface area contributed by atoms with Gasteiger partial charge in [-0.3, -0.25) is 4.79 Å². The fourth-order valence-corrected chi connectivity index (χ4v) is 1.76. The molecule has 18 heavy (non-hydrogen) atoms. The average Bonchev–Trinajstić information content (AvgIpc) is 2.38. The van der Waals surface area contributed by atoms with Crippen molar-refractivity contribution in [2.24, 2.45) is 5.92 Å². The molecular formula is C15H24N2O. The molecular weight excluding hydrogens is 224 g/mol. The highest BCUT2D eigenvalue weighted by molar-refractivity contribution is 5.92. The van der Waals surface area contributed by atoms with E-state index in [2.05, 4.69) is 30.5 Å². The summed E-state index contributed by atoms with van der Waals surface area (Å²) in [5, 5.41) is 6.33. The molecule has 100 valence electrons. The summed E-state index contributed by atoms with van der Waals surface area (Å²) in [5.74, 6) is 0.144. The Morgan fingerprint density at radius 1 is 1.28 bits per heavy atom. The van der Waals surface area contributed by atoms with Crippen LogP contribution in [0.5, 0.6) is 0 Å². The summed E-state index contributed by atoms with van der Waals surface area (Å²) in [7, 11) is 0. The fraction of sp³-hybridized carbons (Fsp3) is 0.533. The largest absolute Gasteiger partial charge is 0.326 e. The molecule has 0 heterocycles. The molecule has 0 spiro atoms. The van der Waals surface area contributed by atoms with Gasteiger partial charge in [0.2, 0.25) is 5.91 Å². The molecule has 0 bridgehead atoms. The van der Waals surface area contributed by atoms with Gasteiger partial charge in [0.05, 0.1) is 0 Å². The van der Waals surface area contributed by atoms with Crippen LogP contribution in [0.2, 0.25) is 0 Å². The zero-order valence-electron chi connectivity index (χ0n) is 11.8. The first-order valence-electron chi connectivity index (χ1n) is 6.72. The Bertz CT molecular complexity index is 390. The number of rotatable bonds is 6. The van der Waals surface area contributed by atoms with Gasteiger partial charge in [0.25, 0.3) is 0 Å². The van der Waals surface area contributed by atoms with Crippen LogP contribution in [0.3, 0.4) is 0 Å². The SMILES string of the molecule is CCNC(C)c1cccc(NC(=O)C(C)CC)c1. The lowest BCUT2D eigenvalue weighted by Crippen LogP contribution is -2.20. The predicted octanol–water partition coefficient (Wildman–Crippen LogP) is 3.34. The lowest BCUT2D eigenvalue weighted by molar-refractivity contribution is -0.119. The Morgan fingerprint density at radius 2 is 2.00 bits per heavy atom.